The van der Waals surface area contributed by atoms with E-state index in [9.17, 15) is 0 Å². The lowest BCUT2D eigenvalue weighted by molar-refractivity contribution is -0.951. The molecule has 1 aliphatic heterocycles. The van der Waals surface area contributed by atoms with Gasteiger partial charge in [-0.1, -0.05) is 13.2 Å². The Kier molecular flexibility index (Phi) is 4.07. The molecule has 1 rings (SSSR count). The first kappa shape index (κ1) is 13.4. The molecule has 1 fully saturated rings. The zero-order chi connectivity index (χ0) is 10.2. The molecule has 0 N–H and O–H groups in total. The van der Waals surface area contributed by atoms with Crippen molar-refractivity contribution in [2.45, 2.75) is 39.8 Å². The fourth-order valence-corrected chi connectivity index (χ4v) is 2.32. The van der Waals surface area contributed by atoms with Crippen molar-refractivity contribution in [3.05, 3.63) is 24.3 Å². The molecule has 0 amide bonds. The molecule has 1 nitrogen and oxygen atoms in total. The molecule has 1 aliphatic rings. The van der Waals surface area contributed by atoms with Crippen LogP contribution < -0.4 is 4.70 Å². The van der Waals surface area contributed by atoms with Gasteiger partial charge < -0.3 is 9.19 Å². The lowest BCUT2D eigenvalue weighted by atomic mass is 10.1. The van der Waals surface area contributed by atoms with Crippen LogP contribution in [0.1, 0.15) is 27.7 Å². The number of rotatable bonds is 2. The molecular formula is C12H22FN. The summed E-state index contributed by atoms with van der Waals surface area (Å²) >= 11 is 0. The van der Waals surface area contributed by atoms with Crippen LogP contribution in [0.25, 0.3) is 0 Å². The number of hydrogen-bond acceptors (Lipinski definition) is 0. The van der Waals surface area contributed by atoms with Gasteiger partial charge in [-0.3, -0.25) is 0 Å². The average molecular weight is 199 g/mol. The van der Waals surface area contributed by atoms with Gasteiger partial charge in [-0.2, -0.15) is 0 Å². The average Bonchev–Trinajstić information content (AvgIpc) is 2.29. The highest BCUT2D eigenvalue weighted by Crippen LogP contribution is 2.32. The third kappa shape index (κ3) is 1.90. The molecule has 0 radical (unpaired) electrons. The van der Waals surface area contributed by atoms with Crippen LogP contribution in [0.4, 0.5) is 0 Å². The fraction of sp³-hybridized carbons (Fsp3) is 0.667. The Morgan fingerprint density at radius 1 is 0.929 bits per heavy atom. The van der Waals surface area contributed by atoms with Crippen LogP contribution in [0.15, 0.2) is 24.3 Å². The quantitative estimate of drug-likeness (QED) is 0.538. The maximum atomic E-state index is 4.08. The molecule has 0 saturated carbocycles. The van der Waals surface area contributed by atoms with Crippen molar-refractivity contribution in [1.82, 2.24) is 0 Å². The van der Waals surface area contributed by atoms with Gasteiger partial charge in [0.05, 0.1) is 12.1 Å². The van der Waals surface area contributed by atoms with E-state index in [1.165, 1.54) is 11.1 Å². The highest BCUT2D eigenvalue weighted by Gasteiger charge is 2.41. The van der Waals surface area contributed by atoms with Crippen LogP contribution in [0, 0.1) is 0 Å². The lowest BCUT2D eigenvalue weighted by Gasteiger charge is -2.41. The summed E-state index contributed by atoms with van der Waals surface area (Å²) in [5.74, 6) is 0. The standard InChI is InChI=1S/C12H22N.FH/c1-9(2)13(10(3)4)7-11(5)12(6)8-13;/h9-10H,5-8H2,1-4H3;1H/q+1;/p-1. The Morgan fingerprint density at radius 2 is 1.21 bits per heavy atom. The van der Waals surface area contributed by atoms with Gasteiger partial charge in [0, 0.05) is 11.1 Å². The van der Waals surface area contributed by atoms with E-state index in [-0.39, 0.29) is 4.70 Å². The van der Waals surface area contributed by atoms with Crippen LogP contribution >= 0.6 is 0 Å². The number of halogens is 1. The minimum Gasteiger partial charge on any atom is -1.00 e. The first-order valence-electron chi connectivity index (χ1n) is 5.12. The third-order valence-electron chi connectivity index (χ3n) is 3.53. The molecule has 1 heterocycles. The monoisotopic (exact) mass is 199 g/mol. The van der Waals surface area contributed by atoms with Gasteiger partial charge >= 0.3 is 0 Å². The van der Waals surface area contributed by atoms with E-state index in [2.05, 4.69) is 40.9 Å². The van der Waals surface area contributed by atoms with Gasteiger partial charge in [-0.05, 0) is 27.7 Å². The largest absolute Gasteiger partial charge is 1.00 e. The van der Waals surface area contributed by atoms with Crippen LogP contribution in [0.2, 0.25) is 0 Å². The van der Waals surface area contributed by atoms with Gasteiger partial charge in [0.1, 0.15) is 13.1 Å². The molecule has 82 valence electrons. The van der Waals surface area contributed by atoms with Crippen molar-refractivity contribution < 1.29 is 9.19 Å². The van der Waals surface area contributed by atoms with E-state index in [4.69, 9.17) is 0 Å². The van der Waals surface area contributed by atoms with E-state index in [0.29, 0.717) is 12.1 Å². The van der Waals surface area contributed by atoms with E-state index in [0.717, 1.165) is 17.6 Å². The summed E-state index contributed by atoms with van der Waals surface area (Å²) in [6, 6.07) is 1.33. The molecule has 2 heteroatoms. The van der Waals surface area contributed by atoms with Crippen molar-refractivity contribution in [2.75, 3.05) is 13.1 Å². The predicted octanol–water partition coefficient (Wildman–Crippen LogP) is -0.250. The second-order valence-electron chi connectivity index (χ2n) is 4.81. The Labute approximate surface area is 87.1 Å². The van der Waals surface area contributed by atoms with Gasteiger partial charge in [0.15, 0.2) is 0 Å². The van der Waals surface area contributed by atoms with Crippen LogP contribution in [-0.2, 0) is 0 Å². The summed E-state index contributed by atoms with van der Waals surface area (Å²) in [5, 5.41) is 0. The molecule has 0 bridgehead atoms. The lowest BCUT2D eigenvalue weighted by Crippen LogP contribution is -3.00. The first-order valence-corrected chi connectivity index (χ1v) is 5.12. The molecule has 0 atom stereocenters. The Bertz CT molecular complexity index is 215. The second kappa shape index (κ2) is 4.26. The molecule has 0 aromatic heterocycles. The van der Waals surface area contributed by atoms with Crippen LogP contribution in [0.5, 0.6) is 0 Å². The van der Waals surface area contributed by atoms with Crippen molar-refractivity contribution in [3.63, 3.8) is 0 Å². The topological polar surface area (TPSA) is 0 Å². The third-order valence-corrected chi connectivity index (χ3v) is 3.53. The Hall–Kier alpha value is -0.630. The molecule has 0 spiro atoms. The normalized spacial score (nSPS) is 20.4. The van der Waals surface area contributed by atoms with Crippen molar-refractivity contribution in [3.8, 4) is 0 Å². The summed E-state index contributed by atoms with van der Waals surface area (Å²) in [6.45, 7) is 19.5. The van der Waals surface area contributed by atoms with Gasteiger partial charge in [0.25, 0.3) is 0 Å². The van der Waals surface area contributed by atoms with E-state index >= 15 is 0 Å². The number of hydrogen-bond donors (Lipinski definition) is 0. The highest BCUT2D eigenvalue weighted by molar-refractivity contribution is 5.29. The first-order chi connectivity index (χ1) is 5.90. The molecule has 0 aliphatic carbocycles. The van der Waals surface area contributed by atoms with Crippen LogP contribution in [0.3, 0.4) is 0 Å². The summed E-state index contributed by atoms with van der Waals surface area (Å²) < 4.78 is 1.14. The summed E-state index contributed by atoms with van der Waals surface area (Å²) in [5.41, 5.74) is 2.50. The van der Waals surface area contributed by atoms with Gasteiger partial charge in [0.2, 0.25) is 0 Å². The van der Waals surface area contributed by atoms with Crippen molar-refractivity contribution in [2.24, 2.45) is 0 Å². The SMILES string of the molecule is C=C1C[N+](C(C)C)(C(C)C)CC1=C.[F-]. The molecular weight excluding hydrogens is 177 g/mol. The number of likely N-dealkylation sites (tertiary alicyclic amines) is 1. The van der Waals surface area contributed by atoms with Crippen molar-refractivity contribution in [1.29, 1.82) is 0 Å². The van der Waals surface area contributed by atoms with E-state index in [1.807, 2.05) is 0 Å². The van der Waals surface area contributed by atoms with Crippen LogP contribution in [-0.4, -0.2) is 29.7 Å². The predicted molar refractivity (Wildman–Crippen MR) is 58.5 cm³/mol. The zero-order valence-corrected chi connectivity index (χ0v) is 9.81. The van der Waals surface area contributed by atoms with E-state index < -0.39 is 0 Å². The summed E-state index contributed by atoms with van der Waals surface area (Å²) in [7, 11) is 0. The summed E-state index contributed by atoms with van der Waals surface area (Å²) in [4.78, 5) is 0. The zero-order valence-electron chi connectivity index (χ0n) is 9.81. The molecule has 0 unspecified atom stereocenters. The molecule has 0 aromatic rings. The summed E-state index contributed by atoms with van der Waals surface area (Å²) in [6.07, 6.45) is 0. The molecule has 1 saturated heterocycles. The number of nitrogens with zero attached hydrogens (tertiary/aromatic N) is 1. The minimum atomic E-state index is 0. The molecule has 0 aromatic carbocycles. The van der Waals surface area contributed by atoms with Gasteiger partial charge in [-0.15, -0.1) is 0 Å². The second-order valence-corrected chi connectivity index (χ2v) is 4.81. The molecule has 14 heavy (non-hydrogen) atoms. The Balaban J connectivity index is 0.00000169. The van der Waals surface area contributed by atoms with Gasteiger partial charge in [-0.25, -0.2) is 0 Å². The Morgan fingerprint density at radius 3 is 1.36 bits per heavy atom. The number of quaternary nitrogens is 1. The highest BCUT2D eigenvalue weighted by atomic mass is 19.0. The van der Waals surface area contributed by atoms with E-state index in [1.54, 1.807) is 0 Å². The van der Waals surface area contributed by atoms with Crippen molar-refractivity contribution >= 4 is 0 Å². The maximum Gasteiger partial charge on any atom is 0.105 e. The fourth-order valence-electron chi connectivity index (χ4n) is 2.32. The maximum absolute atomic E-state index is 4.08. The minimum absolute atomic E-state index is 0. The smallest absolute Gasteiger partial charge is 0.105 e.